The van der Waals surface area contributed by atoms with Gasteiger partial charge < -0.3 is 24.5 Å². The van der Waals surface area contributed by atoms with Gasteiger partial charge in [-0.2, -0.15) is 31.4 Å². The SMILES string of the molecule is COc1ccc(-n2nc(C(F)(F)F)c3c2C(=O)N(c2ccc(N(C)C(=O)CN(C)C)cc2)CC3)cc1.O=C(O)C(F)(F)F. The molecule has 0 radical (unpaired) electrons. The number of rotatable bonds is 6. The number of nitrogens with zero attached hydrogens (tertiary/aromatic N) is 5. The third-order valence-electron chi connectivity index (χ3n) is 6.22. The maximum atomic E-state index is 13.8. The highest BCUT2D eigenvalue weighted by Crippen LogP contribution is 2.37. The number of ether oxygens (including phenoxy) is 1. The first-order chi connectivity index (χ1) is 19.9. The summed E-state index contributed by atoms with van der Waals surface area (Å²) >= 11 is 0. The summed E-state index contributed by atoms with van der Waals surface area (Å²) < 4.78 is 79.2. The molecule has 1 N–H and O–H groups in total. The monoisotopic (exact) mass is 615 g/mol. The third-order valence-corrected chi connectivity index (χ3v) is 6.22. The number of alkyl halides is 6. The number of hydrogen-bond donors (Lipinski definition) is 1. The highest BCUT2D eigenvalue weighted by molar-refractivity contribution is 6.08. The number of hydrogen-bond acceptors (Lipinski definition) is 6. The number of carbonyl (C=O) groups excluding carboxylic acids is 2. The van der Waals surface area contributed by atoms with Crippen molar-refractivity contribution in [3.63, 3.8) is 0 Å². The van der Waals surface area contributed by atoms with E-state index in [0.29, 0.717) is 22.8 Å². The molecule has 0 unspecified atom stereocenters. The molecule has 10 nitrogen and oxygen atoms in total. The van der Waals surface area contributed by atoms with Gasteiger partial charge in [0.25, 0.3) is 5.91 Å². The number of carbonyl (C=O) groups is 3. The van der Waals surface area contributed by atoms with Crippen molar-refractivity contribution in [3.05, 3.63) is 65.5 Å². The average molecular weight is 616 g/mol. The molecule has 232 valence electrons. The van der Waals surface area contributed by atoms with E-state index in [0.717, 1.165) is 4.68 Å². The first kappa shape index (κ1) is 32.9. The van der Waals surface area contributed by atoms with Crippen molar-refractivity contribution in [3.8, 4) is 11.4 Å². The molecule has 0 bridgehead atoms. The number of amides is 2. The Balaban J connectivity index is 0.000000646. The van der Waals surface area contributed by atoms with E-state index < -0.39 is 29.9 Å². The molecular weight excluding hydrogens is 588 g/mol. The second-order valence-electron chi connectivity index (χ2n) is 9.50. The van der Waals surface area contributed by atoms with Crippen LogP contribution < -0.4 is 14.5 Å². The highest BCUT2D eigenvalue weighted by atomic mass is 19.4. The number of benzene rings is 2. The van der Waals surface area contributed by atoms with Crippen LogP contribution in [0.1, 0.15) is 21.7 Å². The summed E-state index contributed by atoms with van der Waals surface area (Å²) in [5.74, 6) is -2.92. The van der Waals surface area contributed by atoms with Crippen molar-refractivity contribution in [1.29, 1.82) is 0 Å². The van der Waals surface area contributed by atoms with Gasteiger partial charge in [0.15, 0.2) is 5.69 Å². The van der Waals surface area contributed by atoms with Crippen molar-refractivity contribution >= 4 is 29.2 Å². The van der Waals surface area contributed by atoms with Crippen molar-refractivity contribution in [2.24, 2.45) is 0 Å². The lowest BCUT2D eigenvalue weighted by Crippen LogP contribution is -2.39. The number of aliphatic carboxylic acids is 1. The van der Waals surface area contributed by atoms with E-state index in [4.69, 9.17) is 14.6 Å². The molecule has 1 aliphatic rings. The van der Waals surface area contributed by atoms with Crippen LogP contribution in [0.25, 0.3) is 5.69 Å². The fourth-order valence-electron chi connectivity index (χ4n) is 4.12. The summed E-state index contributed by atoms with van der Waals surface area (Å²) in [6.07, 6.45) is -9.79. The molecule has 43 heavy (non-hydrogen) atoms. The molecule has 0 fully saturated rings. The first-order valence-electron chi connectivity index (χ1n) is 12.4. The Morgan fingerprint density at radius 3 is 1.95 bits per heavy atom. The zero-order valence-corrected chi connectivity index (χ0v) is 23.3. The Morgan fingerprint density at radius 2 is 1.49 bits per heavy atom. The lowest BCUT2D eigenvalue weighted by molar-refractivity contribution is -0.192. The molecule has 4 rings (SSSR count). The number of halogens is 6. The van der Waals surface area contributed by atoms with Crippen molar-refractivity contribution in [2.45, 2.75) is 18.8 Å². The molecule has 3 aromatic rings. The average Bonchev–Trinajstić information content (AvgIpc) is 3.34. The van der Waals surface area contributed by atoms with Crippen LogP contribution in [0, 0.1) is 0 Å². The van der Waals surface area contributed by atoms with Crippen LogP contribution in [0.5, 0.6) is 5.75 Å². The third kappa shape index (κ3) is 7.63. The summed E-state index contributed by atoms with van der Waals surface area (Å²) in [5, 5.41) is 10.9. The van der Waals surface area contributed by atoms with Crippen LogP contribution >= 0.6 is 0 Å². The Morgan fingerprint density at radius 1 is 0.953 bits per heavy atom. The summed E-state index contributed by atoms with van der Waals surface area (Å²) in [7, 11) is 6.73. The predicted molar refractivity (Wildman–Crippen MR) is 143 cm³/mol. The summed E-state index contributed by atoms with van der Waals surface area (Å²) in [5.41, 5.74) is 0.162. The van der Waals surface area contributed by atoms with Crippen LogP contribution in [0.4, 0.5) is 37.7 Å². The van der Waals surface area contributed by atoms with Gasteiger partial charge in [-0.25, -0.2) is 9.48 Å². The van der Waals surface area contributed by atoms with E-state index in [9.17, 15) is 35.9 Å². The molecular formula is C27H27F6N5O5. The van der Waals surface area contributed by atoms with Crippen LogP contribution in [0.15, 0.2) is 48.5 Å². The Kier molecular flexibility index (Phi) is 9.74. The lowest BCUT2D eigenvalue weighted by Gasteiger charge is -2.28. The zero-order valence-electron chi connectivity index (χ0n) is 23.3. The fourth-order valence-corrected chi connectivity index (χ4v) is 4.12. The van der Waals surface area contributed by atoms with Gasteiger partial charge in [0, 0.05) is 30.5 Å². The van der Waals surface area contributed by atoms with Crippen LogP contribution in [-0.2, 0) is 22.2 Å². The van der Waals surface area contributed by atoms with E-state index in [2.05, 4.69) is 5.10 Å². The van der Waals surface area contributed by atoms with Crippen molar-refractivity contribution in [1.82, 2.24) is 14.7 Å². The number of aromatic nitrogens is 2. The standard InChI is InChI=1S/C25H26F3N5O3.C2HF3O2/c1-30(2)15-21(34)31(3)16-5-7-17(8-6-16)32-14-13-20-22(24(32)35)33(29-23(20)25(26,27)28)18-9-11-19(36-4)12-10-18;3-2(4,5)1(6)7/h5-12H,13-15H2,1-4H3;(H,6,7). The highest BCUT2D eigenvalue weighted by Gasteiger charge is 2.43. The number of carboxylic acid groups (broad SMARTS) is 1. The largest absolute Gasteiger partial charge is 0.497 e. The number of fused-ring (bicyclic) bond motifs is 1. The van der Waals surface area contributed by atoms with Crippen LogP contribution in [0.3, 0.4) is 0 Å². The normalized spacial score (nSPS) is 13.3. The first-order valence-corrected chi connectivity index (χ1v) is 12.4. The number of likely N-dealkylation sites (N-methyl/N-ethyl adjacent to an activating group) is 2. The smallest absolute Gasteiger partial charge is 0.490 e. The maximum Gasteiger partial charge on any atom is 0.490 e. The molecule has 0 saturated heterocycles. The van der Waals surface area contributed by atoms with Crippen molar-refractivity contribution in [2.75, 3.05) is 51.1 Å². The van der Waals surface area contributed by atoms with Crippen LogP contribution in [-0.4, -0.2) is 85.1 Å². The van der Waals surface area contributed by atoms with Gasteiger partial charge in [-0.05, 0) is 69.0 Å². The molecule has 1 aliphatic heterocycles. The minimum absolute atomic E-state index is 0.00491. The minimum Gasteiger partial charge on any atom is -0.497 e. The van der Waals surface area contributed by atoms with Gasteiger partial charge in [-0.3, -0.25) is 9.59 Å². The van der Waals surface area contributed by atoms with Gasteiger partial charge in [0.05, 0.1) is 19.3 Å². The molecule has 0 spiro atoms. The Hall–Kier alpha value is -4.60. The molecule has 2 heterocycles. The van der Waals surface area contributed by atoms with E-state index in [-0.39, 0.29) is 36.7 Å². The van der Waals surface area contributed by atoms with E-state index in [1.165, 1.54) is 16.9 Å². The summed E-state index contributed by atoms with van der Waals surface area (Å²) in [6.45, 7) is 0.306. The quantitative estimate of drug-likeness (QED) is 0.413. The minimum atomic E-state index is -5.08. The Bertz CT molecular complexity index is 1470. The Labute approximate surface area is 241 Å². The van der Waals surface area contributed by atoms with Gasteiger partial charge >= 0.3 is 18.3 Å². The van der Waals surface area contributed by atoms with Crippen molar-refractivity contribution < 1.29 is 50.6 Å². The molecule has 2 amide bonds. The van der Waals surface area contributed by atoms with Gasteiger partial charge in [-0.15, -0.1) is 0 Å². The zero-order chi connectivity index (χ0) is 32.3. The molecule has 2 aromatic carbocycles. The second kappa shape index (κ2) is 12.7. The number of anilines is 2. The molecule has 16 heteroatoms. The molecule has 0 aliphatic carbocycles. The summed E-state index contributed by atoms with van der Waals surface area (Å²) in [4.78, 5) is 39.5. The summed E-state index contributed by atoms with van der Waals surface area (Å²) in [6, 6.07) is 13.0. The molecule has 1 aromatic heterocycles. The van der Waals surface area contributed by atoms with E-state index in [1.54, 1.807) is 74.6 Å². The van der Waals surface area contributed by atoms with Crippen LogP contribution in [0.2, 0.25) is 0 Å². The topological polar surface area (TPSA) is 108 Å². The number of carboxylic acids is 1. The van der Waals surface area contributed by atoms with Gasteiger partial charge in [0.2, 0.25) is 5.91 Å². The van der Waals surface area contributed by atoms with Gasteiger partial charge in [-0.1, -0.05) is 0 Å². The molecule has 0 saturated carbocycles. The molecule has 0 atom stereocenters. The van der Waals surface area contributed by atoms with E-state index in [1.807, 2.05) is 0 Å². The lowest BCUT2D eigenvalue weighted by atomic mass is 10.0. The number of methoxy groups -OCH3 is 1. The van der Waals surface area contributed by atoms with E-state index >= 15 is 0 Å². The predicted octanol–water partition coefficient (Wildman–Crippen LogP) is 4.26. The van der Waals surface area contributed by atoms with Gasteiger partial charge in [0.1, 0.15) is 11.4 Å². The maximum absolute atomic E-state index is 13.8. The second-order valence-corrected chi connectivity index (χ2v) is 9.50. The fraction of sp³-hybridized carbons (Fsp3) is 0.333.